The second-order valence-corrected chi connectivity index (χ2v) is 6.44. The number of nitrogens with zero attached hydrogens (tertiary/aromatic N) is 1. The zero-order valence-corrected chi connectivity index (χ0v) is 16.7. The number of rotatable bonds is 7. The molecule has 0 spiro atoms. The molecule has 1 N–H and O–H groups in total. The molecule has 0 radical (unpaired) electrons. The highest BCUT2D eigenvalue weighted by Gasteiger charge is 2.13. The lowest BCUT2D eigenvalue weighted by Gasteiger charge is -2.13. The molecule has 0 aromatic heterocycles. The minimum absolute atomic E-state index is 0.0339. The molecule has 7 heteroatoms. The smallest absolute Gasteiger partial charge is 0.275 e. The number of methoxy groups -OCH3 is 2. The molecular formula is C19H21BrN2O4. The van der Waals surface area contributed by atoms with E-state index >= 15 is 0 Å². The summed E-state index contributed by atoms with van der Waals surface area (Å²) in [5.74, 6) is 1.37. The summed E-state index contributed by atoms with van der Waals surface area (Å²) in [5.41, 5.74) is 3.61. The standard InChI is InChI=1S/C19H21BrN2O4/c1-12(2)26-16-8-6-5-7-14(16)19(23)22-21-11-13-9-15(20)18(25-4)10-17(13)24-3/h5-12H,1-4H3,(H,22,23). The van der Waals surface area contributed by atoms with E-state index in [-0.39, 0.29) is 12.0 Å². The first-order valence-electron chi connectivity index (χ1n) is 7.96. The van der Waals surface area contributed by atoms with E-state index < -0.39 is 0 Å². The van der Waals surface area contributed by atoms with E-state index in [9.17, 15) is 4.79 Å². The van der Waals surface area contributed by atoms with Gasteiger partial charge in [-0.2, -0.15) is 5.10 Å². The van der Waals surface area contributed by atoms with E-state index in [1.807, 2.05) is 19.9 Å². The fraction of sp³-hybridized carbons (Fsp3) is 0.263. The zero-order chi connectivity index (χ0) is 19.1. The summed E-state index contributed by atoms with van der Waals surface area (Å²) >= 11 is 3.41. The molecule has 0 heterocycles. The number of carbonyl (C=O) groups excluding carboxylic acids is 1. The lowest BCUT2D eigenvalue weighted by molar-refractivity contribution is 0.0949. The summed E-state index contributed by atoms with van der Waals surface area (Å²) < 4.78 is 17.0. The fourth-order valence-corrected chi connectivity index (χ4v) is 2.74. The quantitative estimate of drug-likeness (QED) is 0.542. The van der Waals surface area contributed by atoms with Crippen LogP contribution in [0.2, 0.25) is 0 Å². The third kappa shape index (κ3) is 4.98. The first kappa shape index (κ1) is 19.8. The van der Waals surface area contributed by atoms with Gasteiger partial charge in [0.2, 0.25) is 0 Å². The third-order valence-corrected chi connectivity index (χ3v) is 3.99. The maximum absolute atomic E-state index is 12.4. The van der Waals surface area contributed by atoms with E-state index in [1.54, 1.807) is 44.6 Å². The van der Waals surface area contributed by atoms with Crippen LogP contribution in [0.15, 0.2) is 46.0 Å². The first-order chi connectivity index (χ1) is 12.5. The summed E-state index contributed by atoms with van der Waals surface area (Å²) in [6, 6.07) is 10.6. The predicted octanol–water partition coefficient (Wildman–Crippen LogP) is 4.02. The van der Waals surface area contributed by atoms with Crippen LogP contribution >= 0.6 is 15.9 Å². The van der Waals surface area contributed by atoms with E-state index in [2.05, 4.69) is 26.5 Å². The van der Waals surface area contributed by atoms with Gasteiger partial charge in [-0.05, 0) is 48.0 Å². The van der Waals surface area contributed by atoms with Crippen molar-refractivity contribution in [2.24, 2.45) is 5.10 Å². The van der Waals surface area contributed by atoms with Crippen LogP contribution in [0.1, 0.15) is 29.8 Å². The van der Waals surface area contributed by atoms with Crippen LogP contribution in [-0.4, -0.2) is 32.4 Å². The summed E-state index contributed by atoms with van der Waals surface area (Å²) in [5, 5.41) is 4.02. The van der Waals surface area contributed by atoms with Gasteiger partial charge in [0, 0.05) is 11.6 Å². The van der Waals surface area contributed by atoms with Crippen molar-refractivity contribution < 1.29 is 19.0 Å². The van der Waals surface area contributed by atoms with E-state index in [0.29, 0.717) is 28.4 Å². The van der Waals surface area contributed by atoms with Gasteiger partial charge in [0.05, 0.1) is 36.6 Å². The minimum Gasteiger partial charge on any atom is -0.496 e. The van der Waals surface area contributed by atoms with Crippen molar-refractivity contribution in [2.75, 3.05) is 14.2 Å². The van der Waals surface area contributed by atoms with Crippen LogP contribution in [0.25, 0.3) is 0 Å². The summed E-state index contributed by atoms with van der Waals surface area (Å²) in [4.78, 5) is 12.4. The van der Waals surface area contributed by atoms with Crippen LogP contribution in [0.3, 0.4) is 0 Å². The van der Waals surface area contributed by atoms with Crippen molar-refractivity contribution in [3.63, 3.8) is 0 Å². The van der Waals surface area contributed by atoms with E-state index in [1.165, 1.54) is 6.21 Å². The largest absolute Gasteiger partial charge is 0.496 e. The summed E-state index contributed by atoms with van der Waals surface area (Å²) in [7, 11) is 3.13. The highest BCUT2D eigenvalue weighted by molar-refractivity contribution is 9.10. The van der Waals surface area contributed by atoms with Gasteiger partial charge in [-0.3, -0.25) is 4.79 Å². The Balaban J connectivity index is 2.16. The molecule has 138 valence electrons. The van der Waals surface area contributed by atoms with Crippen LogP contribution in [0, 0.1) is 0 Å². The zero-order valence-electron chi connectivity index (χ0n) is 15.1. The van der Waals surface area contributed by atoms with E-state index in [4.69, 9.17) is 14.2 Å². The number of benzene rings is 2. The van der Waals surface area contributed by atoms with Gasteiger partial charge >= 0.3 is 0 Å². The maximum Gasteiger partial charge on any atom is 0.275 e. The van der Waals surface area contributed by atoms with Crippen LogP contribution in [0.5, 0.6) is 17.2 Å². The number of hydrazone groups is 1. The van der Waals surface area contributed by atoms with Crippen molar-refractivity contribution in [3.05, 3.63) is 52.0 Å². The molecule has 0 aliphatic carbocycles. The van der Waals surface area contributed by atoms with Gasteiger partial charge in [-0.1, -0.05) is 12.1 Å². The van der Waals surface area contributed by atoms with Crippen LogP contribution < -0.4 is 19.6 Å². The average molecular weight is 421 g/mol. The lowest BCUT2D eigenvalue weighted by atomic mass is 10.2. The Bertz CT molecular complexity index is 806. The Labute approximate surface area is 161 Å². The number of hydrogen-bond donors (Lipinski definition) is 1. The molecule has 0 saturated heterocycles. The molecule has 2 aromatic carbocycles. The Hall–Kier alpha value is -2.54. The molecular weight excluding hydrogens is 400 g/mol. The monoisotopic (exact) mass is 420 g/mol. The highest BCUT2D eigenvalue weighted by Crippen LogP contribution is 2.31. The predicted molar refractivity (Wildman–Crippen MR) is 105 cm³/mol. The van der Waals surface area contributed by atoms with Crippen molar-refractivity contribution in [2.45, 2.75) is 20.0 Å². The number of carbonyl (C=O) groups is 1. The Morgan fingerprint density at radius 2 is 1.81 bits per heavy atom. The molecule has 2 aromatic rings. The Morgan fingerprint density at radius 3 is 2.46 bits per heavy atom. The maximum atomic E-state index is 12.4. The summed E-state index contributed by atoms with van der Waals surface area (Å²) in [6.45, 7) is 3.81. The van der Waals surface area contributed by atoms with Gasteiger partial charge < -0.3 is 14.2 Å². The van der Waals surface area contributed by atoms with Gasteiger partial charge in [0.1, 0.15) is 17.2 Å². The van der Waals surface area contributed by atoms with Crippen molar-refractivity contribution in [1.82, 2.24) is 5.43 Å². The first-order valence-corrected chi connectivity index (χ1v) is 8.76. The van der Waals surface area contributed by atoms with Crippen LogP contribution in [0.4, 0.5) is 0 Å². The van der Waals surface area contributed by atoms with Crippen molar-refractivity contribution in [3.8, 4) is 17.2 Å². The average Bonchev–Trinajstić information content (AvgIpc) is 2.61. The second kappa shape index (κ2) is 9.24. The highest BCUT2D eigenvalue weighted by atomic mass is 79.9. The molecule has 1 amide bonds. The topological polar surface area (TPSA) is 69.2 Å². The molecule has 6 nitrogen and oxygen atoms in total. The Kier molecular flexibility index (Phi) is 7.03. The van der Waals surface area contributed by atoms with Crippen molar-refractivity contribution >= 4 is 28.1 Å². The SMILES string of the molecule is COc1cc(OC)c(C=NNC(=O)c2ccccc2OC(C)C)cc1Br. The number of nitrogens with one attached hydrogen (secondary N) is 1. The summed E-state index contributed by atoms with van der Waals surface area (Å²) in [6.07, 6.45) is 1.47. The number of ether oxygens (including phenoxy) is 3. The van der Waals surface area contributed by atoms with Gasteiger partial charge in [0.25, 0.3) is 5.91 Å². The van der Waals surface area contributed by atoms with Crippen molar-refractivity contribution in [1.29, 1.82) is 0 Å². The van der Waals surface area contributed by atoms with Gasteiger partial charge in [0.15, 0.2) is 0 Å². The molecule has 0 bridgehead atoms. The lowest BCUT2D eigenvalue weighted by Crippen LogP contribution is -2.19. The molecule has 0 unspecified atom stereocenters. The minimum atomic E-state index is -0.357. The van der Waals surface area contributed by atoms with Gasteiger partial charge in [-0.25, -0.2) is 5.43 Å². The fourth-order valence-electron chi connectivity index (χ4n) is 2.22. The van der Waals surface area contributed by atoms with Gasteiger partial charge in [-0.15, -0.1) is 0 Å². The molecule has 2 rings (SSSR count). The number of amides is 1. The molecule has 0 aliphatic heterocycles. The number of hydrogen-bond acceptors (Lipinski definition) is 5. The molecule has 0 aliphatic rings. The van der Waals surface area contributed by atoms with Crippen LogP contribution in [-0.2, 0) is 0 Å². The molecule has 0 fully saturated rings. The normalized spacial score (nSPS) is 10.8. The number of halogens is 1. The third-order valence-electron chi connectivity index (χ3n) is 3.37. The molecule has 0 atom stereocenters. The second-order valence-electron chi connectivity index (χ2n) is 5.59. The Morgan fingerprint density at radius 1 is 1.12 bits per heavy atom. The number of para-hydroxylation sites is 1. The molecule has 26 heavy (non-hydrogen) atoms. The molecule has 0 saturated carbocycles. The van der Waals surface area contributed by atoms with E-state index in [0.717, 1.165) is 4.47 Å².